The number of urea groups is 1. The van der Waals surface area contributed by atoms with Gasteiger partial charge in [-0.25, -0.2) is 18.0 Å². The Hall–Kier alpha value is -3.13. The number of esters is 1. The minimum atomic E-state index is -3.80. The standard InChI is InChI=1S/C23H26N2O5S/c1-4-30-22(26)20-19(14-31(28,29)18-8-6-5-7-9-18)24-23(27)25-21(20)17-12-10-16(11-13-17)15(2)3/h5-13,15,21H,4,14H2,1-3H3,(H2,24,25,27)/t21-/m0/s1. The summed E-state index contributed by atoms with van der Waals surface area (Å²) in [7, 11) is -3.80. The summed E-state index contributed by atoms with van der Waals surface area (Å²) in [6, 6.07) is 14.0. The lowest BCUT2D eigenvalue weighted by Gasteiger charge is -2.29. The fraction of sp³-hybridized carbons (Fsp3) is 0.304. The molecule has 1 heterocycles. The number of hydrogen-bond acceptors (Lipinski definition) is 5. The summed E-state index contributed by atoms with van der Waals surface area (Å²) < 4.78 is 31.1. The summed E-state index contributed by atoms with van der Waals surface area (Å²) in [6.07, 6.45) is 0. The predicted molar refractivity (Wildman–Crippen MR) is 117 cm³/mol. The minimum absolute atomic E-state index is 0.0176. The maximum Gasteiger partial charge on any atom is 0.338 e. The number of benzene rings is 2. The molecule has 7 nitrogen and oxygen atoms in total. The zero-order valence-electron chi connectivity index (χ0n) is 17.7. The highest BCUT2D eigenvalue weighted by molar-refractivity contribution is 7.91. The first-order chi connectivity index (χ1) is 14.7. The Morgan fingerprint density at radius 1 is 1.06 bits per heavy atom. The Morgan fingerprint density at radius 3 is 2.29 bits per heavy atom. The third kappa shape index (κ3) is 5.14. The van der Waals surface area contributed by atoms with Gasteiger partial charge < -0.3 is 15.4 Å². The van der Waals surface area contributed by atoms with Crippen molar-refractivity contribution in [2.24, 2.45) is 0 Å². The zero-order chi connectivity index (χ0) is 22.6. The molecule has 8 heteroatoms. The van der Waals surface area contributed by atoms with Gasteiger partial charge in [-0.15, -0.1) is 0 Å². The Balaban J connectivity index is 2.08. The van der Waals surface area contributed by atoms with E-state index in [9.17, 15) is 18.0 Å². The molecule has 1 aliphatic heterocycles. The smallest absolute Gasteiger partial charge is 0.338 e. The fourth-order valence-corrected chi connectivity index (χ4v) is 4.75. The molecule has 0 bridgehead atoms. The van der Waals surface area contributed by atoms with Crippen LogP contribution in [0, 0.1) is 0 Å². The summed E-state index contributed by atoms with van der Waals surface area (Å²) in [6.45, 7) is 5.92. The highest BCUT2D eigenvalue weighted by atomic mass is 32.2. The van der Waals surface area contributed by atoms with Crippen LogP contribution >= 0.6 is 0 Å². The Morgan fingerprint density at radius 2 is 1.71 bits per heavy atom. The minimum Gasteiger partial charge on any atom is -0.463 e. The normalized spacial score (nSPS) is 16.6. The molecular weight excluding hydrogens is 416 g/mol. The Labute approximate surface area is 182 Å². The molecule has 0 radical (unpaired) electrons. The third-order valence-corrected chi connectivity index (χ3v) is 6.68. The van der Waals surface area contributed by atoms with Crippen LogP contribution in [-0.4, -0.2) is 32.8 Å². The van der Waals surface area contributed by atoms with Gasteiger partial charge in [0.05, 0.1) is 28.9 Å². The van der Waals surface area contributed by atoms with Crippen molar-refractivity contribution in [2.75, 3.05) is 12.4 Å². The summed E-state index contributed by atoms with van der Waals surface area (Å²) in [5, 5.41) is 5.23. The van der Waals surface area contributed by atoms with Gasteiger partial charge in [-0.05, 0) is 36.1 Å². The second kappa shape index (κ2) is 9.34. The average molecular weight is 443 g/mol. The first kappa shape index (κ1) is 22.6. The van der Waals surface area contributed by atoms with E-state index in [1.807, 2.05) is 24.3 Å². The van der Waals surface area contributed by atoms with Gasteiger partial charge in [0.25, 0.3) is 0 Å². The van der Waals surface area contributed by atoms with Crippen LogP contribution in [0.15, 0.2) is 70.8 Å². The van der Waals surface area contributed by atoms with Gasteiger partial charge in [0.1, 0.15) is 0 Å². The lowest BCUT2D eigenvalue weighted by Crippen LogP contribution is -2.47. The van der Waals surface area contributed by atoms with Gasteiger partial charge in [-0.3, -0.25) is 0 Å². The third-order valence-electron chi connectivity index (χ3n) is 5.02. The molecule has 0 unspecified atom stereocenters. The van der Waals surface area contributed by atoms with E-state index in [2.05, 4.69) is 24.5 Å². The van der Waals surface area contributed by atoms with Crippen LogP contribution in [0.1, 0.15) is 43.9 Å². The van der Waals surface area contributed by atoms with Crippen molar-refractivity contribution in [3.63, 3.8) is 0 Å². The molecular formula is C23H26N2O5S. The van der Waals surface area contributed by atoms with Gasteiger partial charge in [-0.1, -0.05) is 56.3 Å². The van der Waals surface area contributed by atoms with Gasteiger partial charge >= 0.3 is 12.0 Å². The van der Waals surface area contributed by atoms with Crippen LogP contribution in [0.25, 0.3) is 0 Å². The molecule has 2 aromatic carbocycles. The number of amides is 2. The molecule has 164 valence electrons. The van der Waals surface area contributed by atoms with Crippen molar-refractivity contribution < 1.29 is 22.7 Å². The van der Waals surface area contributed by atoms with Crippen LogP contribution in [0.3, 0.4) is 0 Å². The molecule has 0 aromatic heterocycles. The Bertz CT molecular complexity index is 1090. The number of nitrogens with one attached hydrogen (secondary N) is 2. The van der Waals surface area contributed by atoms with Crippen molar-refractivity contribution in [3.05, 3.63) is 77.0 Å². The van der Waals surface area contributed by atoms with E-state index in [4.69, 9.17) is 4.74 Å². The quantitative estimate of drug-likeness (QED) is 0.640. The van der Waals surface area contributed by atoms with E-state index >= 15 is 0 Å². The maximum atomic E-state index is 12.9. The number of carbonyl (C=O) groups is 2. The molecule has 1 aliphatic rings. The first-order valence-electron chi connectivity index (χ1n) is 10.1. The van der Waals surface area contributed by atoms with Crippen LogP contribution in [0.2, 0.25) is 0 Å². The molecule has 3 rings (SSSR count). The second-order valence-corrected chi connectivity index (χ2v) is 9.53. The summed E-state index contributed by atoms with van der Waals surface area (Å²) in [4.78, 5) is 25.3. The lowest BCUT2D eigenvalue weighted by atomic mass is 9.93. The predicted octanol–water partition coefficient (Wildman–Crippen LogP) is 3.46. The fourth-order valence-electron chi connectivity index (χ4n) is 3.41. The van der Waals surface area contributed by atoms with E-state index < -0.39 is 33.6 Å². The van der Waals surface area contributed by atoms with Crippen molar-refractivity contribution in [2.45, 2.75) is 37.6 Å². The van der Waals surface area contributed by atoms with E-state index in [0.29, 0.717) is 11.5 Å². The number of ether oxygens (including phenoxy) is 1. The van der Waals surface area contributed by atoms with Gasteiger partial charge in [0.2, 0.25) is 0 Å². The second-order valence-electron chi connectivity index (χ2n) is 7.54. The number of rotatable bonds is 7. The van der Waals surface area contributed by atoms with Crippen LogP contribution in [0.4, 0.5) is 4.79 Å². The molecule has 31 heavy (non-hydrogen) atoms. The highest BCUT2D eigenvalue weighted by Gasteiger charge is 2.35. The van der Waals surface area contributed by atoms with Gasteiger partial charge in [0.15, 0.2) is 9.84 Å². The number of sulfone groups is 1. The van der Waals surface area contributed by atoms with Crippen molar-refractivity contribution in [1.82, 2.24) is 10.6 Å². The van der Waals surface area contributed by atoms with E-state index in [0.717, 1.165) is 5.56 Å². The SMILES string of the molecule is CCOC(=O)C1=C(CS(=O)(=O)c2ccccc2)NC(=O)N[C@H]1c1ccc(C(C)C)cc1. The number of carbonyl (C=O) groups excluding carboxylic acids is 2. The molecule has 2 N–H and O–H groups in total. The number of hydrogen-bond donors (Lipinski definition) is 2. The zero-order valence-corrected chi connectivity index (χ0v) is 18.5. The highest BCUT2D eigenvalue weighted by Crippen LogP contribution is 2.30. The molecule has 0 saturated heterocycles. The molecule has 2 aromatic rings. The van der Waals surface area contributed by atoms with E-state index in [1.54, 1.807) is 25.1 Å². The molecule has 0 fully saturated rings. The monoisotopic (exact) mass is 442 g/mol. The van der Waals surface area contributed by atoms with Crippen molar-refractivity contribution >= 4 is 21.8 Å². The molecule has 0 spiro atoms. The van der Waals surface area contributed by atoms with Gasteiger partial charge in [0, 0.05) is 5.70 Å². The summed E-state index contributed by atoms with van der Waals surface area (Å²) in [5.41, 5.74) is 1.87. The first-order valence-corrected chi connectivity index (χ1v) is 11.7. The van der Waals surface area contributed by atoms with Crippen molar-refractivity contribution in [1.29, 1.82) is 0 Å². The molecule has 0 aliphatic carbocycles. The summed E-state index contributed by atoms with van der Waals surface area (Å²) in [5.74, 6) is -0.881. The van der Waals surface area contributed by atoms with E-state index in [1.165, 1.54) is 12.1 Å². The van der Waals surface area contributed by atoms with E-state index in [-0.39, 0.29) is 22.8 Å². The van der Waals surface area contributed by atoms with Crippen LogP contribution in [-0.2, 0) is 19.4 Å². The average Bonchev–Trinajstić information content (AvgIpc) is 2.74. The lowest BCUT2D eigenvalue weighted by molar-refractivity contribution is -0.139. The summed E-state index contributed by atoms with van der Waals surface area (Å²) >= 11 is 0. The Kier molecular flexibility index (Phi) is 6.80. The van der Waals surface area contributed by atoms with Gasteiger partial charge in [-0.2, -0.15) is 0 Å². The van der Waals surface area contributed by atoms with Crippen molar-refractivity contribution in [3.8, 4) is 0 Å². The molecule has 1 atom stereocenters. The maximum absolute atomic E-state index is 12.9. The van der Waals surface area contributed by atoms with Crippen LogP contribution in [0.5, 0.6) is 0 Å². The largest absolute Gasteiger partial charge is 0.463 e. The van der Waals surface area contributed by atoms with Crippen LogP contribution < -0.4 is 10.6 Å². The molecule has 0 saturated carbocycles. The topological polar surface area (TPSA) is 102 Å². The molecule has 2 amide bonds.